The van der Waals surface area contributed by atoms with Gasteiger partial charge in [0.1, 0.15) is 5.01 Å². The molecular weight excluding hydrogens is 312 g/mol. The van der Waals surface area contributed by atoms with Gasteiger partial charge in [0, 0.05) is 23.2 Å². The van der Waals surface area contributed by atoms with Gasteiger partial charge in [-0.2, -0.15) is 0 Å². The third kappa shape index (κ3) is 3.09. The average Bonchev–Trinajstić information content (AvgIpc) is 3.04. The Morgan fingerprint density at radius 2 is 1.83 bits per heavy atom. The number of hydrogen-bond donors (Lipinski definition) is 0. The summed E-state index contributed by atoms with van der Waals surface area (Å²) in [6, 6.07) is 15.5. The van der Waals surface area contributed by atoms with Crippen molar-refractivity contribution < 1.29 is 0 Å². The maximum absolute atomic E-state index is 4.87. The van der Waals surface area contributed by atoms with Crippen molar-refractivity contribution in [2.24, 2.45) is 0 Å². The van der Waals surface area contributed by atoms with Crippen LogP contribution in [0.1, 0.15) is 28.8 Å². The third-order valence-electron chi connectivity index (χ3n) is 4.65. The van der Waals surface area contributed by atoms with E-state index in [4.69, 9.17) is 4.98 Å². The van der Waals surface area contributed by atoms with E-state index in [9.17, 15) is 0 Å². The zero-order valence-electron chi connectivity index (χ0n) is 14.2. The molecule has 0 fully saturated rings. The van der Waals surface area contributed by atoms with Gasteiger partial charge in [-0.25, -0.2) is 4.98 Å². The number of benzene rings is 2. The highest BCUT2D eigenvalue weighted by molar-refractivity contribution is 7.13. The molecule has 3 heteroatoms. The Hall–Kier alpha value is -2.13. The van der Waals surface area contributed by atoms with Crippen LogP contribution in [-0.4, -0.2) is 11.5 Å². The van der Waals surface area contributed by atoms with Crippen LogP contribution in [0.5, 0.6) is 0 Å². The molecule has 0 aliphatic carbocycles. The third-order valence-corrected chi connectivity index (χ3v) is 5.59. The number of fused-ring (bicyclic) bond motifs is 1. The van der Waals surface area contributed by atoms with Crippen LogP contribution in [0.25, 0.3) is 10.6 Å². The van der Waals surface area contributed by atoms with Crippen LogP contribution in [-0.2, 0) is 13.0 Å². The molecule has 0 saturated carbocycles. The number of anilines is 1. The molecule has 1 aromatic heterocycles. The summed E-state index contributed by atoms with van der Waals surface area (Å²) in [6.45, 7) is 6.31. The summed E-state index contributed by atoms with van der Waals surface area (Å²) in [6.07, 6.45) is 2.42. The molecule has 0 bridgehead atoms. The minimum absolute atomic E-state index is 0.901. The summed E-state index contributed by atoms with van der Waals surface area (Å²) in [5.41, 5.74) is 7.89. The van der Waals surface area contributed by atoms with Crippen LogP contribution in [0, 0.1) is 13.8 Å². The highest BCUT2D eigenvalue weighted by atomic mass is 32.1. The number of aryl methyl sites for hydroxylation is 3. The lowest BCUT2D eigenvalue weighted by atomic mass is 9.99. The SMILES string of the molecule is Cc1ccc(-c2nc(CN3CCCc4cc(C)ccc43)cs2)cc1. The minimum Gasteiger partial charge on any atom is -0.365 e. The summed E-state index contributed by atoms with van der Waals surface area (Å²) < 4.78 is 0. The normalized spacial score (nSPS) is 13.8. The van der Waals surface area contributed by atoms with Gasteiger partial charge in [-0.05, 0) is 38.3 Å². The van der Waals surface area contributed by atoms with Gasteiger partial charge >= 0.3 is 0 Å². The van der Waals surface area contributed by atoms with E-state index in [1.54, 1.807) is 11.3 Å². The van der Waals surface area contributed by atoms with E-state index in [2.05, 4.69) is 66.6 Å². The van der Waals surface area contributed by atoms with E-state index in [1.807, 2.05) is 0 Å². The summed E-state index contributed by atoms with van der Waals surface area (Å²) in [7, 11) is 0. The number of hydrogen-bond acceptors (Lipinski definition) is 3. The highest BCUT2D eigenvalue weighted by Crippen LogP contribution is 2.30. The number of thiazole rings is 1. The monoisotopic (exact) mass is 334 g/mol. The van der Waals surface area contributed by atoms with Crippen LogP contribution in [0.2, 0.25) is 0 Å². The molecule has 0 amide bonds. The van der Waals surface area contributed by atoms with Crippen LogP contribution in [0.3, 0.4) is 0 Å². The molecule has 122 valence electrons. The Labute approximate surface area is 147 Å². The van der Waals surface area contributed by atoms with E-state index in [1.165, 1.54) is 46.5 Å². The van der Waals surface area contributed by atoms with Crippen molar-refractivity contribution in [1.82, 2.24) is 4.98 Å². The summed E-state index contributed by atoms with van der Waals surface area (Å²) in [4.78, 5) is 7.35. The second kappa shape index (κ2) is 6.40. The van der Waals surface area contributed by atoms with E-state index >= 15 is 0 Å². The Bertz CT molecular complexity index is 849. The molecule has 0 N–H and O–H groups in total. The predicted octanol–water partition coefficient (Wildman–Crippen LogP) is 5.38. The van der Waals surface area contributed by atoms with Crippen molar-refractivity contribution in [1.29, 1.82) is 0 Å². The van der Waals surface area contributed by atoms with Gasteiger partial charge < -0.3 is 4.90 Å². The molecule has 1 aliphatic rings. The van der Waals surface area contributed by atoms with Gasteiger partial charge in [-0.1, -0.05) is 47.5 Å². The van der Waals surface area contributed by atoms with Gasteiger partial charge in [0.05, 0.1) is 12.2 Å². The van der Waals surface area contributed by atoms with E-state index in [-0.39, 0.29) is 0 Å². The molecule has 0 saturated heterocycles. The maximum atomic E-state index is 4.87. The van der Waals surface area contributed by atoms with Crippen molar-refractivity contribution in [3.63, 3.8) is 0 Å². The van der Waals surface area contributed by atoms with Crippen molar-refractivity contribution in [2.75, 3.05) is 11.4 Å². The quantitative estimate of drug-likeness (QED) is 0.639. The first-order valence-electron chi connectivity index (χ1n) is 8.55. The fourth-order valence-corrected chi connectivity index (χ4v) is 4.19. The predicted molar refractivity (Wildman–Crippen MR) is 103 cm³/mol. The van der Waals surface area contributed by atoms with Crippen molar-refractivity contribution in [2.45, 2.75) is 33.2 Å². The lowest BCUT2D eigenvalue weighted by molar-refractivity contribution is 0.685. The summed E-state index contributed by atoms with van der Waals surface area (Å²) in [5.74, 6) is 0. The van der Waals surface area contributed by atoms with Crippen LogP contribution < -0.4 is 4.90 Å². The fraction of sp³-hybridized carbons (Fsp3) is 0.286. The molecule has 2 heterocycles. The summed E-state index contributed by atoms with van der Waals surface area (Å²) in [5, 5.41) is 3.32. The first-order valence-corrected chi connectivity index (χ1v) is 9.43. The fourth-order valence-electron chi connectivity index (χ4n) is 3.37. The van der Waals surface area contributed by atoms with Crippen molar-refractivity contribution in [3.05, 3.63) is 70.2 Å². The average molecular weight is 334 g/mol. The Morgan fingerprint density at radius 1 is 1.04 bits per heavy atom. The lowest BCUT2D eigenvalue weighted by Gasteiger charge is -2.31. The van der Waals surface area contributed by atoms with Crippen molar-refractivity contribution >= 4 is 17.0 Å². The number of rotatable bonds is 3. The highest BCUT2D eigenvalue weighted by Gasteiger charge is 2.18. The second-order valence-corrected chi connectivity index (χ2v) is 7.53. The smallest absolute Gasteiger partial charge is 0.123 e. The first-order chi connectivity index (χ1) is 11.7. The molecule has 0 atom stereocenters. The van der Waals surface area contributed by atoms with E-state index in [0.717, 1.165) is 18.1 Å². The molecule has 4 rings (SSSR count). The van der Waals surface area contributed by atoms with Crippen molar-refractivity contribution in [3.8, 4) is 10.6 Å². The molecule has 24 heavy (non-hydrogen) atoms. The Balaban J connectivity index is 1.56. The topological polar surface area (TPSA) is 16.1 Å². The molecular formula is C21H22N2S. The Kier molecular flexibility index (Phi) is 4.11. The molecule has 3 aromatic rings. The standard InChI is InChI=1S/C21H22N2S/c1-15-5-8-17(9-6-15)21-22-19(14-24-21)13-23-11-3-4-18-12-16(2)7-10-20(18)23/h5-10,12,14H,3-4,11,13H2,1-2H3. The molecule has 1 aliphatic heterocycles. The molecule has 2 nitrogen and oxygen atoms in total. The van der Waals surface area contributed by atoms with Gasteiger partial charge in [0.25, 0.3) is 0 Å². The van der Waals surface area contributed by atoms with Crippen LogP contribution >= 0.6 is 11.3 Å². The Morgan fingerprint density at radius 3 is 2.67 bits per heavy atom. The molecule has 0 spiro atoms. The largest absolute Gasteiger partial charge is 0.365 e. The summed E-state index contributed by atoms with van der Waals surface area (Å²) >= 11 is 1.74. The number of aromatic nitrogens is 1. The van der Waals surface area contributed by atoms with Gasteiger partial charge in [0.15, 0.2) is 0 Å². The van der Waals surface area contributed by atoms with Gasteiger partial charge in [-0.3, -0.25) is 0 Å². The molecule has 0 unspecified atom stereocenters. The van der Waals surface area contributed by atoms with E-state index < -0.39 is 0 Å². The first kappa shape index (κ1) is 15.4. The zero-order valence-corrected chi connectivity index (χ0v) is 15.1. The minimum atomic E-state index is 0.901. The molecule has 2 aromatic carbocycles. The van der Waals surface area contributed by atoms with Gasteiger partial charge in [0.2, 0.25) is 0 Å². The maximum Gasteiger partial charge on any atom is 0.123 e. The van der Waals surface area contributed by atoms with Crippen LogP contribution in [0.15, 0.2) is 47.8 Å². The van der Waals surface area contributed by atoms with E-state index in [0.29, 0.717) is 0 Å². The zero-order chi connectivity index (χ0) is 16.5. The number of nitrogens with zero attached hydrogens (tertiary/aromatic N) is 2. The second-order valence-electron chi connectivity index (χ2n) is 6.67. The molecule has 0 radical (unpaired) electrons. The lowest BCUT2D eigenvalue weighted by Crippen LogP contribution is -2.28. The van der Waals surface area contributed by atoms with Crippen LogP contribution in [0.4, 0.5) is 5.69 Å². The van der Waals surface area contributed by atoms with Gasteiger partial charge in [-0.15, -0.1) is 11.3 Å².